The third-order valence-corrected chi connectivity index (χ3v) is 4.16. The summed E-state index contributed by atoms with van der Waals surface area (Å²) in [5, 5.41) is 3.64. The molecule has 0 radical (unpaired) electrons. The lowest BCUT2D eigenvalue weighted by Gasteiger charge is -2.10. The molecule has 0 saturated carbocycles. The van der Waals surface area contributed by atoms with E-state index >= 15 is 0 Å². The van der Waals surface area contributed by atoms with E-state index in [4.69, 9.17) is 17.3 Å². The van der Waals surface area contributed by atoms with Crippen molar-refractivity contribution in [2.75, 3.05) is 5.32 Å². The van der Waals surface area contributed by atoms with E-state index in [9.17, 15) is 9.18 Å². The number of anilines is 1. The second kappa shape index (κ2) is 6.24. The molecule has 0 aliphatic heterocycles. The van der Waals surface area contributed by atoms with Crippen molar-refractivity contribution < 1.29 is 9.18 Å². The number of rotatable bonds is 4. The largest absolute Gasteiger partial charge is 0.380 e. The zero-order valence-electron chi connectivity index (χ0n) is 10.3. The molecule has 2 aromatic carbocycles. The van der Waals surface area contributed by atoms with E-state index in [-0.39, 0.29) is 12.1 Å². The third-order valence-electron chi connectivity index (χ3n) is 2.76. The SMILES string of the molecule is NC(=O)c1ccc(CNc2cccc(Cl)c2Br)c(F)c1. The van der Waals surface area contributed by atoms with Crippen LogP contribution in [-0.2, 0) is 6.54 Å². The van der Waals surface area contributed by atoms with E-state index in [1.54, 1.807) is 12.1 Å². The second-order valence-electron chi connectivity index (χ2n) is 4.13. The molecule has 1 amide bonds. The molecule has 2 aromatic rings. The minimum absolute atomic E-state index is 0.148. The third kappa shape index (κ3) is 3.29. The number of hydrogen-bond donors (Lipinski definition) is 2. The minimum atomic E-state index is -0.652. The summed E-state index contributed by atoms with van der Waals surface area (Å²) in [5.74, 6) is -1.13. The van der Waals surface area contributed by atoms with Gasteiger partial charge in [-0.25, -0.2) is 4.39 Å². The first-order chi connectivity index (χ1) is 9.49. The van der Waals surface area contributed by atoms with Crippen LogP contribution < -0.4 is 11.1 Å². The molecule has 0 aliphatic rings. The molecule has 0 saturated heterocycles. The number of benzene rings is 2. The number of primary amides is 1. The van der Waals surface area contributed by atoms with Crippen LogP contribution in [0.2, 0.25) is 5.02 Å². The van der Waals surface area contributed by atoms with Gasteiger partial charge in [-0.05, 0) is 40.2 Å². The Balaban J connectivity index is 2.15. The Kier molecular flexibility index (Phi) is 4.62. The normalized spacial score (nSPS) is 10.3. The Morgan fingerprint density at radius 1 is 1.35 bits per heavy atom. The fourth-order valence-corrected chi connectivity index (χ4v) is 2.25. The van der Waals surface area contributed by atoms with E-state index < -0.39 is 11.7 Å². The first-order valence-electron chi connectivity index (χ1n) is 5.75. The van der Waals surface area contributed by atoms with Gasteiger partial charge in [0.05, 0.1) is 15.2 Å². The molecule has 0 aliphatic carbocycles. The van der Waals surface area contributed by atoms with Crippen LogP contribution in [-0.4, -0.2) is 5.91 Å². The van der Waals surface area contributed by atoms with Crippen molar-refractivity contribution in [1.29, 1.82) is 0 Å². The maximum Gasteiger partial charge on any atom is 0.248 e. The van der Waals surface area contributed by atoms with Gasteiger partial charge in [-0.1, -0.05) is 23.7 Å². The summed E-state index contributed by atoms with van der Waals surface area (Å²) in [6.45, 7) is 0.268. The summed E-state index contributed by atoms with van der Waals surface area (Å²) in [5.41, 5.74) is 6.43. The average Bonchev–Trinajstić information content (AvgIpc) is 2.41. The molecule has 3 N–H and O–H groups in total. The van der Waals surface area contributed by atoms with Gasteiger partial charge in [0.2, 0.25) is 5.91 Å². The summed E-state index contributed by atoms with van der Waals surface area (Å²) < 4.78 is 14.5. The summed E-state index contributed by atoms with van der Waals surface area (Å²) in [7, 11) is 0. The molecular formula is C14H11BrClFN2O. The highest BCUT2D eigenvalue weighted by atomic mass is 79.9. The second-order valence-corrected chi connectivity index (χ2v) is 5.33. The topological polar surface area (TPSA) is 55.1 Å². The molecule has 104 valence electrons. The van der Waals surface area contributed by atoms with E-state index in [1.165, 1.54) is 12.1 Å². The Morgan fingerprint density at radius 2 is 2.10 bits per heavy atom. The Hall–Kier alpha value is -1.59. The maximum absolute atomic E-state index is 13.8. The Labute approximate surface area is 129 Å². The van der Waals surface area contributed by atoms with Crippen molar-refractivity contribution in [2.24, 2.45) is 5.73 Å². The lowest BCUT2D eigenvalue weighted by Crippen LogP contribution is -2.12. The van der Waals surface area contributed by atoms with Crippen molar-refractivity contribution in [3.63, 3.8) is 0 Å². The van der Waals surface area contributed by atoms with Crippen molar-refractivity contribution in [2.45, 2.75) is 6.54 Å². The van der Waals surface area contributed by atoms with E-state index in [2.05, 4.69) is 21.2 Å². The number of nitrogens with one attached hydrogen (secondary N) is 1. The number of carbonyl (C=O) groups excluding carboxylic acids is 1. The number of halogens is 3. The van der Waals surface area contributed by atoms with Crippen molar-refractivity contribution in [3.05, 3.63) is 62.8 Å². The van der Waals surface area contributed by atoms with Crippen LogP contribution in [0.3, 0.4) is 0 Å². The molecule has 0 aromatic heterocycles. The molecule has 20 heavy (non-hydrogen) atoms. The maximum atomic E-state index is 13.8. The zero-order chi connectivity index (χ0) is 14.7. The van der Waals surface area contributed by atoms with Gasteiger partial charge in [0.25, 0.3) is 0 Å². The number of nitrogens with two attached hydrogens (primary N) is 1. The first-order valence-corrected chi connectivity index (χ1v) is 6.92. The summed E-state index contributed by atoms with van der Waals surface area (Å²) >= 11 is 9.32. The number of hydrogen-bond acceptors (Lipinski definition) is 2. The molecule has 6 heteroatoms. The summed E-state index contributed by atoms with van der Waals surface area (Å²) in [6, 6.07) is 9.52. The van der Waals surface area contributed by atoms with Gasteiger partial charge >= 0.3 is 0 Å². The van der Waals surface area contributed by atoms with Crippen LogP contribution in [0, 0.1) is 5.82 Å². The summed E-state index contributed by atoms with van der Waals surface area (Å²) in [6.07, 6.45) is 0. The fourth-order valence-electron chi connectivity index (χ4n) is 1.67. The molecule has 3 nitrogen and oxygen atoms in total. The van der Waals surface area contributed by atoms with Gasteiger partial charge in [-0.15, -0.1) is 0 Å². The molecule has 0 heterocycles. The van der Waals surface area contributed by atoms with Crippen molar-refractivity contribution in [3.8, 4) is 0 Å². The van der Waals surface area contributed by atoms with E-state index in [0.29, 0.717) is 10.6 Å². The Bertz CT molecular complexity index is 664. The smallest absolute Gasteiger partial charge is 0.248 e. The highest BCUT2D eigenvalue weighted by Crippen LogP contribution is 2.30. The lowest BCUT2D eigenvalue weighted by atomic mass is 10.1. The molecule has 0 atom stereocenters. The van der Waals surface area contributed by atoms with Crippen LogP contribution in [0.4, 0.5) is 10.1 Å². The van der Waals surface area contributed by atoms with Crippen LogP contribution in [0.25, 0.3) is 0 Å². The highest BCUT2D eigenvalue weighted by Gasteiger charge is 2.08. The standard InChI is InChI=1S/C14H11BrClFN2O/c15-13-10(16)2-1-3-12(13)19-7-9-5-4-8(14(18)20)6-11(9)17/h1-6,19H,7H2,(H2,18,20). The molecular weight excluding hydrogens is 347 g/mol. The van der Waals surface area contributed by atoms with E-state index in [1.807, 2.05) is 6.07 Å². The van der Waals surface area contributed by atoms with Crippen molar-refractivity contribution in [1.82, 2.24) is 0 Å². The number of carbonyl (C=O) groups is 1. The van der Waals surface area contributed by atoms with Gasteiger partial charge in [0.15, 0.2) is 0 Å². The van der Waals surface area contributed by atoms with Crippen LogP contribution in [0.5, 0.6) is 0 Å². The molecule has 0 bridgehead atoms. The van der Waals surface area contributed by atoms with Gasteiger partial charge in [0, 0.05) is 17.7 Å². The average molecular weight is 358 g/mol. The molecule has 0 fully saturated rings. The molecule has 2 rings (SSSR count). The highest BCUT2D eigenvalue weighted by molar-refractivity contribution is 9.10. The van der Waals surface area contributed by atoms with E-state index in [0.717, 1.165) is 16.2 Å². The predicted octanol–water partition coefficient (Wildman–Crippen LogP) is 3.95. The summed E-state index contributed by atoms with van der Waals surface area (Å²) in [4.78, 5) is 10.9. The quantitative estimate of drug-likeness (QED) is 0.870. The van der Waals surface area contributed by atoms with Gasteiger partial charge < -0.3 is 11.1 Å². The Morgan fingerprint density at radius 3 is 2.75 bits per heavy atom. The monoisotopic (exact) mass is 356 g/mol. The minimum Gasteiger partial charge on any atom is -0.380 e. The zero-order valence-corrected chi connectivity index (χ0v) is 12.6. The van der Waals surface area contributed by atoms with Crippen LogP contribution in [0.1, 0.15) is 15.9 Å². The van der Waals surface area contributed by atoms with Crippen LogP contribution >= 0.6 is 27.5 Å². The molecule has 0 unspecified atom stereocenters. The fraction of sp³-hybridized carbons (Fsp3) is 0.0714. The number of amides is 1. The molecule has 0 spiro atoms. The van der Waals surface area contributed by atoms with Crippen molar-refractivity contribution >= 4 is 39.1 Å². The first kappa shape index (κ1) is 14.8. The van der Waals surface area contributed by atoms with Gasteiger partial charge in [-0.2, -0.15) is 0 Å². The van der Waals surface area contributed by atoms with Gasteiger partial charge in [-0.3, -0.25) is 4.79 Å². The van der Waals surface area contributed by atoms with Gasteiger partial charge in [0.1, 0.15) is 5.82 Å². The lowest BCUT2D eigenvalue weighted by molar-refractivity contribution is 0.1000. The van der Waals surface area contributed by atoms with Crippen LogP contribution in [0.15, 0.2) is 40.9 Å². The predicted molar refractivity (Wildman–Crippen MR) is 81.4 cm³/mol.